The lowest BCUT2D eigenvalue weighted by molar-refractivity contribution is -0.159. The molecule has 0 heterocycles. The van der Waals surface area contributed by atoms with Crippen LogP contribution in [0.4, 0.5) is 4.39 Å². The number of alkyl halides is 1. The van der Waals surface area contributed by atoms with E-state index >= 15 is 0 Å². The van der Waals surface area contributed by atoms with Gasteiger partial charge in [-0.05, 0) is 0 Å². The van der Waals surface area contributed by atoms with Gasteiger partial charge in [0.1, 0.15) is 6.67 Å². The van der Waals surface area contributed by atoms with E-state index in [9.17, 15) is 4.39 Å². The second kappa shape index (κ2) is 7.61. The Morgan fingerprint density at radius 1 is 1.40 bits per heavy atom. The molecule has 58 valence electrons. The van der Waals surface area contributed by atoms with Gasteiger partial charge in [0, 0.05) is 0 Å². The van der Waals surface area contributed by atoms with Crippen molar-refractivity contribution in [1.82, 2.24) is 0 Å². The van der Waals surface area contributed by atoms with Gasteiger partial charge in [0.05, 0.1) is 0 Å². The molecule has 0 rings (SSSR count). The number of aliphatic carboxylic acids is 2. The van der Waals surface area contributed by atoms with Gasteiger partial charge in [-0.3, -0.25) is 0 Å². The highest BCUT2D eigenvalue weighted by atomic mass is 19.1. The number of carbonyl (C=O) groups is 2. The molecule has 0 aliphatic heterocycles. The number of rotatable bonds is 1. The maximum Gasteiger partial charge on any atom is 0.414 e. The zero-order valence-corrected chi connectivity index (χ0v) is 5.08. The van der Waals surface area contributed by atoms with Crippen molar-refractivity contribution in [2.24, 2.45) is 0 Å². The Kier molecular flexibility index (Phi) is 8.68. The largest absolute Gasteiger partial charge is 0.473 e. The fourth-order valence-electron chi connectivity index (χ4n) is 0. The van der Waals surface area contributed by atoms with Crippen molar-refractivity contribution in [1.29, 1.82) is 0 Å². The lowest BCUT2D eigenvalue weighted by Crippen LogP contribution is -2.09. The third-order valence-corrected chi connectivity index (χ3v) is 0.292. The average molecular weight is 150 g/mol. The van der Waals surface area contributed by atoms with E-state index in [1.165, 1.54) is 6.08 Å². The van der Waals surface area contributed by atoms with Crippen molar-refractivity contribution in [3.63, 3.8) is 0 Å². The first-order valence-electron chi connectivity index (χ1n) is 2.19. The first-order chi connectivity index (χ1) is 4.56. The van der Waals surface area contributed by atoms with Crippen molar-refractivity contribution in [3.05, 3.63) is 12.7 Å². The standard InChI is InChI=1S/C3H5F.C2H2O4/c1-2-3-4;3-1(4)2(5)6/h2H,1,3H2;(H,3,4)(H,5,6). The third kappa shape index (κ3) is 16.0. The summed E-state index contributed by atoms with van der Waals surface area (Å²) in [5.74, 6) is -3.65. The highest BCUT2D eigenvalue weighted by Crippen LogP contribution is 1.59. The SMILES string of the molecule is C=CCF.O=C(O)C(=O)O. The van der Waals surface area contributed by atoms with Crippen LogP contribution in [0.1, 0.15) is 0 Å². The number of halogens is 1. The summed E-state index contributed by atoms with van der Waals surface area (Å²) in [7, 11) is 0. The Hall–Kier alpha value is -1.39. The van der Waals surface area contributed by atoms with E-state index in [1.54, 1.807) is 0 Å². The smallest absolute Gasteiger partial charge is 0.414 e. The van der Waals surface area contributed by atoms with Gasteiger partial charge in [-0.25, -0.2) is 14.0 Å². The molecule has 0 aromatic rings. The lowest BCUT2D eigenvalue weighted by atomic mass is 10.7. The van der Waals surface area contributed by atoms with Gasteiger partial charge in [-0.2, -0.15) is 0 Å². The minimum atomic E-state index is -1.82. The number of carboxylic acids is 2. The summed E-state index contributed by atoms with van der Waals surface area (Å²) in [6.45, 7) is 2.69. The molecule has 0 saturated carbocycles. The molecule has 0 radical (unpaired) electrons. The molecule has 0 amide bonds. The topological polar surface area (TPSA) is 74.6 Å². The van der Waals surface area contributed by atoms with Gasteiger partial charge in [0.15, 0.2) is 0 Å². The first kappa shape index (κ1) is 11.4. The molecule has 0 aromatic heterocycles. The number of hydrogen-bond donors (Lipinski definition) is 2. The van der Waals surface area contributed by atoms with Crippen LogP contribution in [0.5, 0.6) is 0 Å². The molecule has 0 aliphatic carbocycles. The zero-order chi connectivity index (χ0) is 8.57. The molecule has 0 atom stereocenters. The molecule has 10 heavy (non-hydrogen) atoms. The maximum absolute atomic E-state index is 10.6. The molecule has 0 aromatic carbocycles. The molecule has 5 heteroatoms. The number of carboxylic acid groups (broad SMARTS) is 2. The summed E-state index contributed by atoms with van der Waals surface area (Å²) in [5.41, 5.74) is 0. The Bertz CT molecular complexity index is 120. The summed E-state index contributed by atoms with van der Waals surface area (Å²) >= 11 is 0. The Morgan fingerprint density at radius 3 is 1.60 bits per heavy atom. The van der Waals surface area contributed by atoms with Crippen LogP contribution in [0.25, 0.3) is 0 Å². The monoisotopic (exact) mass is 150 g/mol. The van der Waals surface area contributed by atoms with Crippen molar-refractivity contribution in [2.45, 2.75) is 0 Å². The molecule has 0 unspecified atom stereocenters. The highest BCUT2D eigenvalue weighted by molar-refractivity contribution is 6.27. The quantitative estimate of drug-likeness (QED) is 0.416. The summed E-state index contributed by atoms with van der Waals surface area (Å²) < 4.78 is 10.6. The normalized spacial score (nSPS) is 6.90. The van der Waals surface area contributed by atoms with Crippen LogP contribution in [0.3, 0.4) is 0 Å². The van der Waals surface area contributed by atoms with Crippen LogP contribution in [0.15, 0.2) is 12.7 Å². The van der Waals surface area contributed by atoms with Crippen molar-refractivity contribution in [2.75, 3.05) is 6.67 Å². The van der Waals surface area contributed by atoms with Gasteiger partial charge in [0.25, 0.3) is 0 Å². The van der Waals surface area contributed by atoms with Gasteiger partial charge in [0.2, 0.25) is 0 Å². The fourth-order valence-corrected chi connectivity index (χ4v) is 0. The van der Waals surface area contributed by atoms with Crippen LogP contribution in [-0.2, 0) is 9.59 Å². The Labute approximate surface area is 56.6 Å². The highest BCUT2D eigenvalue weighted by Gasteiger charge is 2.04. The summed E-state index contributed by atoms with van der Waals surface area (Å²) in [6.07, 6.45) is 1.21. The van der Waals surface area contributed by atoms with Gasteiger partial charge < -0.3 is 10.2 Å². The molecule has 0 bridgehead atoms. The van der Waals surface area contributed by atoms with Gasteiger partial charge in [-0.1, -0.05) is 6.08 Å². The van der Waals surface area contributed by atoms with Crippen LogP contribution in [-0.4, -0.2) is 28.8 Å². The first-order valence-corrected chi connectivity index (χ1v) is 2.19. The fraction of sp³-hybridized carbons (Fsp3) is 0.200. The molecule has 0 fully saturated rings. The van der Waals surface area contributed by atoms with Crippen molar-refractivity contribution >= 4 is 11.9 Å². The van der Waals surface area contributed by atoms with Gasteiger partial charge in [-0.15, -0.1) is 6.58 Å². The maximum atomic E-state index is 10.6. The number of allylic oxidation sites excluding steroid dienone is 1. The van der Waals surface area contributed by atoms with E-state index in [0.717, 1.165) is 0 Å². The van der Waals surface area contributed by atoms with Crippen molar-refractivity contribution < 1.29 is 24.2 Å². The van der Waals surface area contributed by atoms with Crippen LogP contribution >= 0.6 is 0 Å². The summed E-state index contributed by atoms with van der Waals surface area (Å²) in [5, 5.41) is 14.8. The van der Waals surface area contributed by atoms with E-state index in [0.29, 0.717) is 0 Å². The molecule has 0 saturated heterocycles. The molecule has 4 nitrogen and oxygen atoms in total. The van der Waals surface area contributed by atoms with E-state index in [2.05, 4.69) is 6.58 Å². The predicted molar refractivity (Wildman–Crippen MR) is 31.4 cm³/mol. The van der Waals surface area contributed by atoms with E-state index in [1.807, 2.05) is 0 Å². The van der Waals surface area contributed by atoms with E-state index in [4.69, 9.17) is 19.8 Å². The van der Waals surface area contributed by atoms with Crippen LogP contribution in [0.2, 0.25) is 0 Å². The summed E-state index contributed by atoms with van der Waals surface area (Å²) in [4.78, 5) is 18.2. The minimum absolute atomic E-state index is 0.417. The van der Waals surface area contributed by atoms with E-state index < -0.39 is 18.6 Å². The van der Waals surface area contributed by atoms with Crippen LogP contribution in [0, 0.1) is 0 Å². The number of hydrogen-bond acceptors (Lipinski definition) is 2. The van der Waals surface area contributed by atoms with Gasteiger partial charge >= 0.3 is 11.9 Å². The summed E-state index contributed by atoms with van der Waals surface area (Å²) in [6, 6.07) is 0. The van der Waals surface area contributed by atoms with Crippen molar-refractivity contribution in [3.8, 4) is 0 Å². The third-order valence-electron chi connectivity index (χ3n) is 0.292. The Balaban J connectivity index is 0. The predicted octanol–water partition coefficient (Wildman–Crippen LogP) is 0.297. The average Bonchev–Trinajstić information content (AvgIpc) is 1.89. The molecule has 0 aliphatic rings. The molecule has 2 N–H and O–H groups in total. The van der Waals surface area contributed by atoms with E-state index in [-0.39, 0.29) is 0 Å². The molecular weight excluding hydrogens is 143 g/mol. The lowest BCUT2D eigenvalue weighted by Gasteiger charge is -1.72. The van der Waals surface area contributed by atoms with Crippen LogP contribution < -0.4 is 0 Å². The molecular formula is C5H7FO4. The zero-order valence-electron chi connectivity index (χ0n) is 5.08. The minimum Gasteiger partial charge on any atom is -0.473 e. The molecule has 0 spiro atoms. The second-order valence-electron chi connectivity index (χ2n) is 1.05. The second-order valence-corrected chi connectivity index (χ2v) is 1.05. The Morgan fingerprint density at radius 2 is 1.60 bits per heavy atom.